The molecule has 0 radical (unpaired) electrons. The summed E-state index contributed by atoms with van der Waals surface area (Å²) in [6.07, 6.45) is 3.88. The molecule has 0 bridgehead atoms. The molecule has 37 heavy (non-hydrogen) atoms. The van der Waals surface area contributed by atoms with Crippen LogP contribution in [-0.4, -0.2) is 73.3 Å². The molecule has 0 unspecified atom stereocenters. The minimum Gasteiger partial charge on any atom is -0.365 e. The van der Waals surface area contributed by atoms with Gasteiger partial charge in [0.25, 0.3) is 0 Å². The van der Waals surface area contributed by atoms with Gasteiger partial charge in [0.2, 0.25) is 5.95 Å². The van der Waals surface area contributed by atoms with Gasteiger partial charge in [0.15, 0.2) is 0 Å². The molecule has 2 saturated heterocycles. The number of fused-ring (bicyclic) bond motifs is 2. The quantitative estimate of drug-likeness (QED) is 0.537. The summed E-state index contributed by atoms with van der Waals surface area (Å²) in [5.41, 5.74) is 3.64. The zero-order chi connectivity index (χ0) is 25.2. The van der Waals surface area contributed by atoms with Gasteiger partial charge in [-0.25, -0.2) is 4.98 Å². The van der Waals surface area contributed by atoms with E-state index >= 15 is 0 Å². The number of likely N-dealkylation sites (tertiary alicyclic amines) is 1. The van der Waals surface area contributed by atoms with Crippen molar-refractivity contribution >= 4 is 28.2 Å². The molecule has 0 aliphatic carbocycles. The Morgan fingerprint density at radius 1 is 1.08 bits per heavy atom. The molecule has 192 valence electrons. The van der Waals surface area contributed by atoms with E-state index in [1.807, 2.05) is 0 Å². The molecule has 3 aromatic rings. The summed E-state index contributed by atoms with van der Waals surface area (Å²) in [6.45, 7) is 6.28. The highest BCUT2D eigenvalue weighted by atomic mass is 15.3. The van der Waals surface area contributed by atoms with E-state index in [4.69, 9.17) is 9.97 Å². The van der Waals surface area contributed by atoms with Crippen LogP contribution in [0.15, 0.2) is 42.5 Å². The number of anilines is 3. The lowest BCUT2D eigenvalue weighted by Crippen LogP contribution is -2.51. The summed E-state index contributed by atoms with van der Waals surface area (Å²) in [4.78, 5) is 17.4. The van der Waals surface area contributed by atoms with Crippen LogP contribution in [0.2, 0.25) is 0 Å². The number of nitrogens with zero attached hydrogens (tertiary/aromatic N) is 6. The van der Waals surface area contributed by atoms with Gasteiger partial charge < -0.3 is 25.3 Å². The van der Waals surface area contributed by atoms with E-state index in [1.54, 1.807) is 0 Å². The predicted molar refractivity (Wildman–Crippen MR) is 149 cm³/mol. The fourth-order valence-corrected chi connectivity index (χ4v) is 6.15. The highest BCUT2D eigenvalue weighted by Crippen LogP contribution is 2.34. The monoisotopic (exact) mass is 496 g/mol. The number of likely N-dealkylation sites (N-methyl/N-ethyl adjacent to an activating group) is 1. The summed E-state index contributed by atoms with van der Waals surface area (Å²) >= 11 is 0. The maximum atomic E-state index is 9.27. The molecule has 3 aliphatic heterocycles. The van der Waals surface area contributed by atoms with E-state index < -0.39 is 0 Å². The second kappa shape index (κ2) is 10.5. The first-order valence-electron chi connectivity index (χ1n) is 13.6. The first kappa shape index (κ1) is 24.0. The molecule has 0 spiro atoms. The summed E-state index contributed by atoms with van der Waals surface area (Å²) in [7, 11) is 2.20. The van der Waals surface area contributed by atoms with Crippen molar-refractivity contribution in [2.45, 2.75) is 44.3 Å². The number of benzene rings is 2. The molecule has 1 aromatic heterocycles. The summed E-state index contributed by atoms with van der Waals surface area (Å²) < 4.78 is 0. The van der Waals surface area contributed by atoms with E-state index in [-0.39, 0.29) is 6.04 Å². The van der Waals surface area contributed by atoms with Gasteiger partial charge in [0, 0.05) is 61.4 Å². The normalized spacial score (nSPS) is 22.2. The van der Waals surface area contributed by atoms with E-state index in [1.165, 1.54) is 34.9 Å². The average molecular weight is 497 g/mol. The summed E-state index contributed by atoms with van der Waals surface area (Å²) in [5, 5.41) is 18.9. The van der Waals surface area contributed by atoms with Crippen LogP contribution in [0.4, 0.5) is 17.5 Å². The molecule has 3 aliphatic rings. The van der Waals surface area contributed by atoms with Gasteiger partial charge in [-0.3, -0.25) is 0 Å². The Balaban J connectivity index is 1.32. The van der Waals surface area contributed by atoms with Crippen LogP contribution in [0.1, 0.15) is 30.5 Å². The van der Waals surface area contributed by atoms with Crippen LogP contribution in [0.3, 0.4) is 0 Å². The number of nitrogens with one attached hydrogen (secondary N) is 2. The average Bonchev–Trinajstić information content (AvgIpc) is 3.35. The minimum absolute atomic E-state index is 0.170. The minimum atomic E-state index is 0.170. The fraction of sp³-hybridized carbons (Fsp3) is 0.483. The van der Waals surface area contributed by atoms with Gasteiger partial charge in [-0.05, 0) is 44.3 Å². The molecule has 0 saturated carbocycles. The third-order valence-corrected chi connectivity index (χ3v) is 8.21. The number of hydrogen-bond acceptors (Lipinski definition) is 8. The molecule has 2 fully saturated rings. The van der Waals surface area contributed by atoms with Crippen molar-refractivity contribution in [1.29, 1.82) is 5.26 Å². The molecule has 6 rings (SSSR count). The van der Waals surface area contributed by atoms with Gasteiger partial charge >= 0.3 is 0 Å². The SMILES string of the molecule is CN1CCC[C@H]1CNc1nc2c(c(N3CCN[C@@H](CC#N)C3)n1)CCN(c1cccc3ccccc13)C2. The van der Waals surface area contributed by atoms with Crippen molar-refractivity contribution in [3.8, 4) is 6.07 Å². The van der Waals surface area contributed by atoms with E-state index in [2.05, 4.69) is 80.9 Å². The molecule has 0 amide bonds. The predicted octanol–water partition coefficient (Wildman–Crippen LogP) is 3.39. The van der Waals surface area contributed by atoms with Crippen molar-refractivity contribution in [3.05, 3.63) is 53.7 Å². The first-order valence-corrected chi connectivity index (χ1v) is 13.6. The molecule has 4 heterocycles. The highest BCUT2D eigenvalue weighted by molar-refractivity contribution is 5.94. The zero-order valence-electron chi connectivity index (χ0n) is 21.7. The van der Waals surface area contributed by atoms with Gasteiger partial charge in [-0.15, -0.1) is 0 Å². The largest absolute Gasteiger partial charge is 0.365 e. The Morgan fingerprint density at radius 3 is 2.84 bits per heavy atom. The maximum Gasteiger partial charge on any atom is 0.225 e. The van der Waals surface area contributed by atoms with Crippen LogP contribution < -0.4 is 20.4 Å². The number of hydrogen-bond donors (Lipinski definition) is 2. The van der Waals surface area contributed by atoms with Crippen LogP contribution in [0.25, 0.3) is 10.8 Å². The Kier molecular flexibility index (Phi) is 6.81. The molecule has 8 nitrogen and oxygen atoms in total. The maximum absolute atomic E-state index is 9.27. The standard InChI is InChI=1S/C29H36N8/c1-35-15-5-8-23(35)18-32-29-33-26-20-36(27-10-4-7-21-6-2-3-9-24(21)27)16-12-25(26)28(34-29)37-17-14-31-22(19-37)11-13-30/h2-4,6-7,9-10,22-23,31H,5,8,11-12,14-20H2,1H3,(H,32,33,34)/t22-,23-/m0/s1. The molecular formula is C29H36N8. The topological polar surface area (TPSA) is 83.3 Å². The van der Waals surface area contributed by atoms with Crippen LogP contribution in [0, 0.1) is 11.3 Å². The van der Waals surface area contributed by atoms with Crippen molar-refractivity contribution < 1.29 is 0 Å². The second-order valence-electron chi connectivity index (χ2n) is 10.6. The molecule has 2 N–H and O–H groups in total. The van der Waals surface area contributed by atoms with E-state index in [0.29, 0.717) is 12.5 Å². The van der Waals surface area contributed by atoms with Crippen LogP contribution in [0.5, 0.6) is 0 Å². The lowest BCUT2D eigenvalue weighted by molar-refractivity contribution is 0.322. The highest BCUT2D eigenvalue weighted by Gasteiger charge is 2.29. The van der Waals surface area contributed by atoms with Crippen molar-refractivity contribution in [1.82, 2.24) is 20.2 Å². The van der Waals surface area contributed by atoms with Gasteiger partial charge in [-0.2, -0.15) is 10.2 Å². The van der Waals surface area contributed by atoms with Crippen molar-refractivity contribution in [2.75, 3.05) is 61.4 Å². The fourth-order valence-electron chi connectivity index (χ4n) is 6.15. The Labute approximate surface area is 219 Å². The van der Waals surface area contributed by atoms with Crippen molar-refractivity contribution in [2.24, 2.45) is 0 Å². The van der Waals surface area contributed by atoms with E-state index in [0.717, 1.165) is 69.7 Å². The van der Waals surface area contributed by atoms with Crippen molar-refractivity contribution in [3.63, 3.8) is 0 Å². The Hall–Kier alpha value is -3.41. The molecule has 2 aromatic carbocycles. The molecular weight excluding hydrogens is 460 g/mol. The van der Waals surface area contributed by atoms with Crippen LogP contribution in [-0.2, 0) is 13.0 Å². The smallest absolute Gasteiger partial charge is 0.225 e. The van der Waals surface area contributed by atoms with Gasteiger partial charge in [0.1, 0.15) is 5.82 Å². The van der Waals surface area contributed by atoms with Gasteiger partial charge in [-0.1, -0.05) is 36.4 Å². The number of piperazine rings is 1. The zero-order valence-corrected chi connectivity index (χ0v) is 21.7. The van der Waals surface area contributed by atoms with Gasteiger partial charge in [0.05, 0.1) is 24.7 Å². The summed E-state index contributed by atoms with van der Waals surface area (Å²) in [5.74, 6) is 1.78. The molecule has 8 heteroatoms. The number of rotatable bonds is 6. The van der Waals surface area contributed by atoms with E-state index in [9.17, 15) is 5.26 Å². The number of aromatic nitrogens is 2. The lowest BCUT2D eigenvalue weighted by atomic mass is 10.0. The molecule has 2 atom stereocenters. The third-order valence-electron chi connectivity index (χ3n) is 8.21. The third kappa shape index (κ3) is 4.94. The first-order chi connectivity index (χ1) is 18.2. The second-order valence-corrected chi connectivity index (χ2v) is 10.6. The Morgan fingerprint density at radius 2 is 1.97 bits per heavy atom. The Bertz CT molecular complexity index is 1300. The number of nitriles is 1. The van der Waals surface area contributed by atoms with Crippen LogP contribution >= 0.6 is 0 Å². The lowest BCUT2D eigenvalue weighted by Gasteiger charge is -2.37. The summed E-state index contributed by atoms with van der Waals surface area (Å²) in [6, 6.07) is 18.2.